The molecule has 15 heavy (non-hydrogen) atoms. The number of benzene rings is 1. The molecule has 1 aromatic rings. The number of hydrogen-bond donors (Lipinski definition) is 0. The van der Waals surface area contributed by atoms with E-state index in [1.165, 1.54) is 16.7 Å². The summed E-state index contributed by atoms with van der Waals surface area (Å²) in [4.78, 5) is 0. The third-order valence-corrected chi connectivity index (χ3v) is 2.89. The molecule has 0 nitrogen and oxygen atoms in total. The van der Waals surface area contributed by atoms with Crippen LogP contribution in [0.25, 0.3) is 0 Å². The van der Waals surface area contributed by atoms with Gasteiger partial charge in [-0.3, -0.25) is 0 Å². The van der Waals surface area contributed by atoms with Crippen molar-refractivity contribution < 1.29 is 0 Å². The molecule has 0 aliphatic carbocycles. The van der Waals surface area contributed by atoms with E-state index in [4.69, 9.17) is 0 Å². The van der Waals surface area contributed by atoms with Crippen LogP contribution in [-0.2, 0) is 0 Å². The number of rotatable bonds is 4. The summed E-state index contributed by atoms with van der Waals surface area (Å²) < 4.78 is 0. The average molecular weight is 200 g/mol. The molecular formula is C15H20. The lowest BCUT2D eigenvalue weighted by molar-refractivity contribution is 0.589. The highest BCUT2D eigenvalue weighted by molar-refractivity contribution is 5.27. The lowest BCUT2D eigenvalue weighted by Crippen LogP contribution is -2.11. The Bertz CT molecular complexity index is 332. The molecule has 0 aliphatic rings. The summed E-state index contributed by atoms with van der Waals surface area (Å²) in [6.07, 6.45) is 0. The van der Waals surface area contributed by atoms with Crippen molar-refractivity contribution in [3.05, 3.63) is 60.2 Å². The van der Waals surface area contributed by atoms with Gasteiger partial charge in [-0.15, -0.1) is 0 Å². The standard InChI is InChI=1S/C15H20/c1-11(2)15(12(3)4)13(5)14-9-7-6-8-10-14/h6-10,13,15H,1,3H2,2,4-5H3. The maximum absolute atomic E-state index is 4.06. The molecule has 0 aliphatic heterocycles. The predicted octanol–water partition coefficient (Wildman–Crippen LogP) is 4.56. The minimum atomic E-state index is 0.382. The summed E-state index contributed by atoms with van der Waals surface area (Å²) in [7, 11) is 0. The van der Waals surface area contributed by atoms with Crippen LogP contribution < -0.4 is 0 Å². The first-order chi connectivity index (χ1) is 7.04. The first-order valence-corrected chi connectivity index (χ1v) is 5.39. The molecular weight excluding hydrogens is 180 g/mol. The Labute approximate surface area is 93.3 Å². The summed E-state index contributed by atoms with van der Waals surface area (Å²) in [6, 6.07) is 10.6. The first kappa shape index (κ1) is 11.8. The highest BCUT2D eigenvalue weighted by Gasteiger charge is 2.19. The Morgan fingerprint density at radius 3 is 1.87 bits per heavy atom. The minimum absolute atomic E-state index is 0.382. The van der Waals surface area contributed by atoms with Crippen LogP contribution >= 0.6 is 0 Å². The van der Waals surface area contributed by atoms with Crippen molar-refractivity contribution in [1.29, 1.82) is 0 Å². The molecule has 0 heteroatoms. The van der Waals surface area contributed by atoms with Gasteiger partial charge < -0.3 is 0 Å². The van der Waals surface area contributed by atoms with E-state index in [1.54, 1.807) is 0 Å². The first-order valence-electron chi connectivity index (χ1n) is 5.39. The number of hydrogen-bond acceptors (Lipinski definition) is 0. The summed E-state index contributed by atoms with van der Waals surface area (Å²) in [6.45, 7) is 14.5. The van der Waals surface area contributed by atoms with E-state index < -0.39 is 0 Å². The third-order valence-electron chi connectivity index (χ3n) is 2.89. The SMILES string of the molecule is C=C(C)C(C(=C)C)C(C)c1ccccc1. The van der Waals surface area contributed by atoms with Gasteiger partial charge in [0.2, 0.25) is 0 Å². The summed E-state index contributed by atoms with van der Waals surface area (Å²) in [5.41, 5.74) is 3.74. The fraction of sp³-hybridized carbons (Fsp3) is 0.333. The predicted molar refractivity (Wildman–Crippen MR) is 68.0 cm³/mol. The maximum Gasteiger partial charge on any atom is 0.00621 e. The van der Waals surface area contributed by atoms with E-state index in [2.05, 4.69) is 58.2 Å². The molecule has 80 valence electrons. The van der Waals surface area contributed by atoms with E-state index in [1.807, 2.05) is 6.07 Å². The van der Waals surface area contributed by atoms with E-state index in [9.17, 15) is 0 Å². The Morgan fingerprint density at radius 2 is 1.47 bits per heavy atom. The molecule has 0 fully saturated rings. The van der Waals surface area contributed by atoms with Gasteiger partial charge in [0.25, 0.3) is 0 Å². The average Bonchev–Trinajstić information content (AvgIpc) is 2.18. The van der Waals surface area contributed by atoms with E-state index in [0.29, 0.717) is 11.8 Å². The largest absolute Gasteiger partial charge is 0.0995 e. The molecule has 0 saturated heterocycles. The van der Waals surface area contributed by atoms with Crippen molar-refractivity contribution >= 4 is 0 Å². The normalized spacial score (nSPS) is 12.5. The Balaban J connectivity index is 2.96. The smallest absolute Gasteiger partial charge is 0.00621 e. The van der Waals surface area contributed by atoms with Gasteiger partial charge in [-0.2, -0.15) is 0 Å². The van der Waals surface area contributed by atoms with Crippen molar-refractivity contribution in [2.24, 2.45) is 5.92 Å². The summed E-state index contributed by atoms with van der Waals surface area (Å²) in [5, 5.41) is 0. The fourth-order valence-electron chi connectivity index (χ4n) is 2.22. The van der Waals surface area contributed by atoms with Gasteiger partial charge in [0.15, 0.2) is 0 Å². The van der Waals surface area contributed by atoms with Crippen LogP contribution in [-0.4, -0.2) is 0 Å². The van der Waals surface area contributed by atoms with E-state index >= 15 is 0 Å². The van der Waals surface area contributed by atoms with Crippen molar-refractivity contribution in [2.75, 3.05) is 0 Å². The fourth-order valence-corrected chi connectivity index (χ4v) is 2.22. The van der Waals surface area contributed by atoms with Crippen LogP contribution in [0.15, 0.2) is 54.6 Å². The molecule has 0 heterocycles. The van der Waals surface area contributed by atoms with Gasteiger partial charge in [0.1, 0.15) is 0 Å². The second-order valence-electron chi connectivity index (χ2n) is 4.37. The summed E-state index contributed by atoms with van der Waals surface area (Å²) >= 11 is 0. The van der Waals surface area contributed by atoms with Crippen molar-refractivity contribution in [1.82, 2.24) is 0 Å². The second kappa shape index (κ2) is 4.97. The van der Waals surface area contributed by atoms with Gasteiger partial charge in [0, 0.05) is 5.92 Å². The topological polar surface area (TPSA) is 0 Å². The van der Waals surface area contributed by atoms with Crippen molar-refractivity contribution in [3.8, 4) is 0 Å². The molecule has 0 amide bonds. The Morgan fingerprint density at radius 1 is 1.00 bits per heavy atom. The second-order valence-corrected chi connectivity index (χ2v) is 4.37. The molecule has 0 saturated carbocycles. The zero-order valence-electron chi connectivity index (χ0n) is 9.96. The molecule has 0 aromatic heterocycles. The van der Waals surface area contributed by atoms with Gasteiger partial charge in [-0.1, -0.05) is 61.6 Å². The Hall–Kier alpha value is -1.30. The molecule has 1 rings (SSSR count). The van der Waals surface area contributed by atoms with Crippen molar-refractivity contribution in [2.45, 2.75) is 26.7 Å². The highest BCUT2D eigenvalue weighted by Crippen LogP contribution is 2.33. The lowest BCUT2D eigenvalue weighted by atomic mass is 9.80. The van der Waals surface area contributed by atoms with Gasteiger partial charge >= 0.3 is 0 Å². The molecule has 0 N–H and O–H groups in total. The zero-order valence-corrected chi connectivity index (χ0v) is 9.96. The number of allylic oxidation sites excluding steroid dienone is 2. The van der Waals surface area contributed by atoms with Crippen LogP contribution in [0.3, 0.4) is 0 Å². The van der Waals surface area contributed by atoms with Crippen LogP contribution in [0.4, 0.5) is 0 Å². The Kier molecular flexibility index (Phi) is 3.90. The molecule has 1 atom stereocenters. The lowest BCUT2D eigenvalue weighted by Gasteiger charge is -2.25. The van der Waals surface area contributed by atoms with Crippen LogP contribution in [0.1, 0.15) is 32.3 Å². The quantitative estimate of drug-likeness (QED) is 0.625. The molecule has 0 spiro atoms. The van der Waals surface area contributed by atoms with Gasteiger partial charge in [-0.05, 0) is 25.3 Å². The van der Waals surface area contributed by atoms with E-state index in [-0.39, 0.29) is 0 Å². The highest BCUT2D eigenvalue weighted by atomic mass is 14.2. The van der Waals surface area contributed by atoms with E-state index in [0.717, 1.165) is 0 Å². The maximum atomic E-state index is 4.06. The van der Waals surface area contributed by atoms with Crippen LogP contribution in [0, 0.1) is 5.92 Å². The van der Waals surface area contributed by atoms with Gasteiger partial charge in [-0.25, -0.2) is 0 Å². The molecule has 1 aromatic carbocycles. The van der Waals surface area contributed by atoms with Crippen molar-refractivity contribution in [3.63, 3.8) is 0 Å². The molecule has 0 bridgehead atoms. The molecule has 0 radical (unpaired) electrons. The van der Waals surface area contributed by atoms with Crippen LogP contribution in [0.2, 0.25) is 0 Å². The molecule has 1 unspecified atom stereocenters. The monoisotopic (exact) mass is 200 g/mol. The van der Waals surface area contributed by atoms with Crippen LogP contribution in [0.5, 0.6) is 0 Å². The third kappa shape index (κ3) is 2.82. The summed E-state index contributed by atoms with van der Waals surface area (Å²) in [5.74, 6) is 0.841. The zero-order chi connectivity index (χ0) is 11.4. The van der Waals surface area contributed by atoms with Gasteiger partial charge in [0.05, 0.1) is 0 Å². The minimum Gasteiger partial charge on any atom is -0.0995 e.